The molecule has 0 aliphatic rings. The van der Waals surface area contributed by atoms with Crippen molar-refractivity contribution in [2.45, 2.75) is 4.90 Å². The fourth-order valence-corrected chi connectivity index (χ4v) is 3.73. The van der Waals surface area contributed by atoms with Crippen LogP contribution in [-0.2, 0) is 10.0 Å². The molecule has 0 saturated carbocycles. The standard InChI is InChI=1S/C12H8Cl3FN2O2S/c13-6-1-2-10(17)11(3-6)21(19,20)18-12-8(14)4-7(16)5-9(12)15/h1-5,18H,17H2. The third-order valence-electron chi connectivity index (χ3n) is 2.51. The second kappa shape index (κ2) is 5.88. The smallest absolute Gasteiger partial charge is 0.264 e. The summed E-state index contributed by atoms with van der Waals surface area (Å²) in [5, 5.41) is -0.158. The minimum atomic E-state index is -4.08. The SMILES string of the molecule is Nc1ccc(Cl)cc1S(=O)(=O)Nc1c(Cl)cc(F)cc1Cl. The summed E-state index contributed by atoms with van der Waals surface area (Å²) in [4.78, 5) is -0.230. The maximum atomic E-state index is 13.1. The van der Waals surface area contributed by atoms with Gasteiger partial charge in [-0.3, -0.25) is 4.72 Å². The normalized spacial score (nSPS) is 11.4. The Bertz CT molecular complexity index is 789. The lowest BCUT2D eigenvalue weighted by Gasteiger charge is -2.13. The predicted molar refractivity (Wildman–Crippen MR) is 83.1 cm³/mol. The van der Waals surface area contributed by atoms with Crippen LogP contribution in [0.15, 0.2) is 35.2 Å². The number of benzene rings is 2. The first-order chi connectivity index (χ1) is 9.70. The van der Waals surface area contributed by atoms with Crippen LogP contribution < -0.4 is 10.5 Å². The van der Waals surface area contributed by atoms with Gasteiger partial charge in [-0.2, -0.15) is 0 Å². The Kier molecular flexibility index (Phi) is 4.53. The van der Waals surface area contributed by atoms with Crippen molar-refractivity contribution in [3.8, 4) is 0 Å². The van der Waals surface area contributed by atoms with E-state index < -0.39 is 15.8 Å². The molecule has 0 fully saturated rings. The van der Waals surface area contributed by atoms with Crippen LogP contribution in [-0.4, -0.2) is 8.42 Å². The fourth-order valence-electron chi connectivity index (χ4n) is 1.57. The van der Waals surface area contributed by atoms with Gasteiger partial charge in [-0.25, -0.2) is 12.8 Å². The van der Waals surface area contributed by atoms with Crippen molar-refractivity contribution >= 4 is 56.2 Å². The Balaban J connectivity index is 2.50. The van der Waals surface area contributed by atoms with E-state index in [0.29, 0.717) is 0 Å². The zero-order valence-electron chi connectivity index (χ0n) is 10.2. The zero-order valence-corrected chi connectivity index (χ0v) is 13.3. The number of sulfonamides is 1. The molecular weight excluding hydrogens is 362 g/mol. The molecule has 0 radical (unpaired) electrons. The van der Waals surface area contributed by atoms with Crippen LogP contribution in [0.4, 0.5) is 15.8 Å². The van der Waals surface area contributed by atoms with Gasteiger partial charge in [-0.1, -0.05) is 34.8 Å². The molecule has 0 aliphatic heterocycles. The van der Waals surface area contributed by atoms with E-state index in [1.165, 1.54) is 18.2 Å². The van der Waals surface area contributed by atoms with Crippen molar-refractivity contribution in [2.75, 3.05) is 10.5 Å². The highest BCUT2D eigenvalue weighted by Crippen LogP contribution is 2.34. The Morgan fingerprint density at radius 3 is 2.19 bits per heavy atom. The highest BCUT2D eigenvalue weighted by atomic mass is 35.5. The van der Waals surface area contributed by atoms with E-state index in [0.717, 1.165) is 12.1 Å². The van der Waals surface area contributed by atoms with Gasteiger partial charge in [0.25, 0.3) is 10.0 Å². The number of hydrogen-bond acceptors (Lipinski definition) is 3. The molecule has 2 rings (SSSR count). The van der Waals surface area contributed by atoms with Crippen LogP contribution in [0.2, 0.25) is 15.1 Å². The molecule has 0 bridgehead atoms. The summed E-state index contributed by atoms with van der Waals surface area (Å²) >= 11 is 17.3. The Hall–Kier alpha value is -1.21. The van der Waals surface area contributed by atoms with Crippen molar-refractivity contribution in [1.29, 1.82) is 0 Å². The molecular formula is C12H8Cl3FN2O2S. The van der Waals surface area contributed by atoms with E-state index in [1.807, 2.05) is 0 Å². The molecule has 21 heavy (non-hydrogen) atoms. The highest BCUT2D eigenvalue weighted by molar-refractivity contribution is 7.93. The van der Waals surface area contributed by atoms with Gasteiger partial charge in [-0.05, 0) is 30.3 Å². The summed E-state index contributed by atoms with van der Waals surface area (Å²) in [5.41, 5.74) is 5.49. The largest absolute Gasteiger partial charge is 0.398 e. The third-order valence-corrected chi connectivity index (χ3v) is 4.75. The molecule has 0 atom stereocenters. The van der Waals surface area contributed by atoms with E-state index in [1.54, 1.807) is 0 Å². The maximum absolute atomic E-state index is 13.1. The van der Waals surface area contributed by atoms with Gasteiger partial charge in [0.1, 0.15) is 10.7 Å². The molecule has 0 unspecified atom stereocenters. The molecule has 0 aromatic heterocycles. The molecule has 9 heteroatoms. The number of anilines is 2. The topological polar surface area (TPSA) is 72.2 Å². The summed E-state index contributed by atoms with van der Waals surface area (Å²) in [6.45, 7) is 0. The maximum Gasteiger partial charge on any atom is 0.264 e. The van der Waals surface area contributed by atoms with E-state index >= 15 is 0 Å². The van der Waals surface area contributed by atoms with E-state index in [-0.39, 0.29) is 31.3 Å². The zero-order chi connectivity index (χ0) is 15.8. The summed E-state index contributed by atoms with van der Waals surface area (Å²) in [5.74, 6) is -0.685. The minimum absolute atomic E-state index is 0.00116. The lowest BCUT2D eigenvalue weighted by Crippen LogP contribution is -2.15. The Morgan fingerprint density at radius 1 is 1.05 bits per heavy atom. The van der Waals surface area contributed by atoms with Gasteiger partial charge in [0.2, 0.25) is 0 Å². The number of nitrogens with two attached hydrogens (primary N) is 1. The van der Waals surface area contributed by atoms with Crippen molar-refractivity contribution in [1.82, 2.24) is 0 Å². The van der Waals surface area contributed by atoms with Gasteiger partial charge in [-0.15, -0.1) is 0 Å². The van der Waals surface area contributed by atoms with Crippen LogP contribution in [0.25, 0.3) is 0 Å². The average molecular weight is 370 g/mol. The van der Waals surface area contributed by atoms with Crippen LogP contribution in [0.3, 0.4) is 0 Å². The summed E-state index contributed by atoms with van der Waals surface area (Å²) < 4.78 is 39.9. The first kappa shape index (κ1) is 16.2. The van der Waals surface area contributed by atoms with Gasteiger partial charge in [0.05, 0.1) is 21.4 Å². The van der Waals surface area contributed by atoms with Crippen molar-refractivity contribution in [3.05, 3.63) is 51.2 Å². The van der Waals surface area contributed by atoms with E-state index in [4.69, 9.17) is 40.5 Å². The van der Waals surface area contributed by atoms with Crippen molar-refractivity contribution in [2.24, 2.45) is 0 Å². The lowest BCUT2D eigenvalue weighted by molar-refractivity contribution is 0.601. The van der Waals surface area contributed by atoms with Gasteiger partial charge in [0.15, 0.2) is 0 Å². The van der Waals surface area contributed by atoms with Crippen LogP contribution in [0.1, 0.15) is 0 Å². The second-order valence-electron chi connectivity index (χ2n) is 4.03. The number of hydrogen-bond donors (Lipinski definition) is 2. The predicted octanol–water partition coefficient (Wildman–Crippen LogP) is 4.17. The fraction of sp³-hybridized carbons (Fsp3) is 0. The number of rotatable bonds is 3. The summed E-state index contributed by atoms with van der Waals surface area (Å²) in [7, 11) is -4.08. The molecule has 0 heterocycles. The minimum Gasteiger partial charge on any atom is -0.398 e. The van der Waals surface area contributed by atoms with Crippen molar-refractivity contribution in [3.63, 3.8) is 0 Å². The summed E-state index contributed by atoms with van der Waals surface area (Å²) in [6.07, 6.45) is 0. The van der Waals surface area contributed by atoms with Gasteiger partial charge in [0, 0.05) is 5.02 Å². The van der Waals surface area contributed by atoms with Crippen LogP contribution >= 0.6 is 34.8 Å². The highest BCUT2D eigenvalue weighted by Gasteiger charge is 2.21. The van der Waals surface area contributed by atoms with Crippen molar-refractivity contribution < 1.29 is 12.8 Å². The molecule has 0 spiro atoms. The molecule has 0 saturated heterocycles. The van der Waals surface area contributed by atoms with Crippen LogP contribution in [0.5, 0.6) is 0 Å². The van der Waals surface area contributed by atoms with E-state index in [9.17, 15) is 12.8 Å². The molecule has 0 aliphatic carbocycles. The molecule has 4 nitrogen and oxygen atoms in total. The molecule has 3 N–H and O–H groups in total. The first-order valence-corrected chi connectivity index (χ1v) is 8.05. The van der Waals surface area contributed by atoms with Gasteiger partial charge >= 0.3 is 0 Å². The molecule has 112 valence electrons. The Labute approximate surface area is 135 Å². The van der Waals surface area contributed by atoms with Crippen LogP contribution in [0, 0.1) is 5.82 Å². The van der Waals surface area contributed by atoms with Gasteiger partial charge < -0.3 is 5.73 Å². The lowest BCUT2D eigenvalue weighted by atomic mass is 10.3. The van der Waals surface area contributed by atoms with E-state index in [2.05, 4.69) is 4.72 Å². The third kappa shape index (κ3) is 3.52. The first-order valence-electron chi connectivity index (χ1n) is 5.43. The monoisotopic (exact) mass is 368 g/mol. The molecule has 2 aromatic rings. The number of nitrogen functional groups attached to an aromatic ring is 1. The number of halogens is 4. The quantitative estimate of drug-likeness (QED) is 0.798. The summed E-state index contributed by atoms with van der Waals surface area (Å²) in [6, 6.07) is 5.86. The average Bonchev–Trinajstić information content (AvgIpc) is 2.36. The Morgan fingerprint density at radius 2 is 1.62 bits per heavy atom. The second-order valence-corrected chi connectivity index (χ2v) is 6.93. The molecule has 0 amide bonds. The molecule has 2 aromatic carbocycles. The number of nitrogens with one attached hydrogen (secondary N) is 1.